The minimum Gasteiger partial charge on any atom is -0.492 e. The van der Waals surface area contributed by atoms with Gasteiger partial charge in [0.15, 0.2) is 23.2 Å². The second kappa shape index (κ2) is 11.3. The molecular formula is C26H32N2O8S. The van der Waals surface area contributed by atoms with Crippen LogP contribution in [0, 0.1) is 0 Å². The Hall–Kier alpha value is -2.83. The number of carbonyl (C=O) groups excluding carboxylic acids is 1. The fourth-order valence-electron chi connectivity index (χ4n) is 4.94. The molecule has 0 bridgehead atoms. The molecule has 200 valence electrons. The first kappa shape index (κ1) is 27.2. The molecule has 0 spiro atoms. The molecule has 5 atom stereocenters. The zero-order valence-electron chi connectivity index (χ0n) is 21.1. The summed E-state index contributed by atoms with van der Waals surface area (Å²) in [5.41, 5.74) is 3.34. The Bertz CT molecular complexity index is 1240. The average molecular weight is 533 g/mol. The smallest absolute Gasteiger partial charge is 0.217 e. The fraction of sp³-hybridized carbons (Fsp3) is 0.462. The molecule has 1 amide bonds. The van der Waals surface area contributed by atoms with E-state index in [1.165, 1.54) is 32.9 Å². The number of hydrogen-bond acceptors (Lipinski definition) is 10. The van der Waals surface area contributed by atoms with Gasteiger partial charge >= 0.3 is 0 Å². The summed E-state index contributed by atoms with van der Waals surface area (Å²) in [5.74, 6) is 0.532. The van der Waals surface area contributed by atoms with Crippen molar-refractivity contribution in [3.05, 3.63) is 45.6 Å². The molecular weight excluding hydrogens is 500 g/mol. The molecule has 0 saturated carbocycles. The summed E-state index contributed by atoms with van der Waals surface area (Å²) in [6.07, 6.45) is -2.07. The lowest BCUT2D eigenvalue weighted by Gasteiger charge is -2.36. The Kier molecular flexibility index (Phi) is 8.29. The third-order valence-electron chi connectivity index (χ3n) is 6.71. The number of hydrogen-bond donors (Lipinski definition) is 5. The Labute approximate surface area is 219 Å². The normalized spacial score (nSPS) is 24.8. The lowest BCUT2D eigenvalue weighted by Crippen LogP contribution is -2.55. The molecule has 11 heteroatoms. The highest BCUT2D eigenvalue weighted by Crippen LogP contribution is 2.49. The number of rotatable bonds is 6. The van der Waals surface area contributed by atoms with E-state index in [-0.39, 0.29) is 17.9 Å². The van der Waals surface area contributed by atoms with E-state index in [1.54, 1.807) is 12.1 Å². The third-order valence-corrected chi connectivity index (χ3v) is 7.49. The van der Waals surface area contributed by atoms with Gasteiger partial charge in [-0.05, 0) is 54.0 Å². The summed E-state index contributed by atoms with van der Waals surface area (Å²) in [4.78, 5) is 25.6. The summed E-state index contributed by atoms with van der Waals surface area (Å²) in [6, 6.07) is 6.66. The molecule has 1 fully saturated rings. The summed E-state index contributed by atoms with van der Waals surface area (Å²) < 4.78 is 17.1. The molecule has 0 aromatic heterocycles. The van der Waals surface area contributed by atoms with E-state index in [9.17, 15) is 24.9 Å². The van der Waals surface area contributed by atoms with Crippen LogP contribution in [0.4, 0.5) is 5.69 Å². The van der Waals surface area contributed by atoms with Crippen molar-refractivity contribution < 1.29 is 34.3 Å². The zero-order valence-corrected chi connectivity index (χ0v) is 21.9. The van der Waals surface area contributed by atoms with Gasteiger partial charge in [-0.3, -0.25) is 9.59 Å². The Balaban J connectivity index is 1.90. The van der Waals surface area contributed by atoms with Crippen LogP contribution in [0.1, 0.15) is 30.5 Å². The van der Waals surface area contributed by atoms with Gasteiger partial charge in [-0.1, -0.05) is 6.07 Å². The maximum Gasteiger partial charge on any atom is 0.217 e. The Morgan fingerprint density at radius 2 is 1.84 bits per heavy atom. The second-order valence-corrected chi connectivity index (χ2v) is 9.89. The molecule has 0 unspecified atom stereocenters. The highest BCUT2D eigenvalue weighted by Gasteiger charge is 2.38. The highest BCUT2D eigenvalue weighted by atomic mass is 32.2. The number of aliphatic hydroxyl groups excluding tert-OH is 3. The average Bonchev–Trinajstić information content (AvgIpc) is 3.11. The van der Waals surface area contributed by atoms with E-state index in [1.807, 2.05) is 18.4 Å². The van der Waals surface area contributed by atoms with Gasteiger partial charge in [-0.25, -0.2) is 0 Å². The molecule has 1 aliphatic carbocycles. The van der Waals surface area contributed by atoms with Gasteiger partial charge in [0, 0.05) is 12.5 Å². The number of anilines is 1. The van der Waals surface area contributed by atoms with Crippen molar-refractivity contribution in [3.8, 4) is 22.6 Å². The first-order chi connectivity index (χ1) is 17.7. The second-order valence-electron chi connectivity index (χ2n) is 9.04. The largest absolute Gasteiger partial charge is 0.492 e. The van der Waals surface area contributed by atoms with Crippen molar-refractivity contribution in [1.29, 1.82) is 0 Å². The van der Waals surface area contributed by atoms with Crippen LogP contribution in [0.3, 0.4) is 0 Å². The molecule has 2 aliphatic rings. The molecule has 0 radical (unpaired) electrons. The lowest BCUT2D eigenvalue weighted by atomic mass is 9.95. The number of methoxy groups -OCH3 is 2. The molecule has 1 aliphatic heterocycles. The van der Waals surface area contributed by atoms with Crippen molar-refractivity contribution >= 4 is 23.4 Å². The van der Waals surface area contributed by atoms with Crippen molar-refractivity contribution in [1.82, 2.24) is 5.32 Å². The quantitative estimate of drug-likeness (QED) is 0.346. The monoisotopic (exact) mass is 532 g/mol. The van der Waals surface area contributed by atoms with Crippen LogP contribution in [-0.4, -0.2) is 72.8 Å². The molecule has 5 N–H and O–H groups in total. The standard InChI is InChI=1S/C26H32N2O8S/c1-12(29)27-16-7-5-13-9-17(28-26-23(33)22(32)19(31)11-36-26)24(34-2)25(35-3)21(13)14-6-8-20(37-4)18(30)10-15(14)16/h6,8-10,16,19,22-23,26,28,31-33H,5,7,11H2,1-4H3,(H,27,29)/t16-,19+,22-,23+,26+/m0/s1. The SMILES string of the molecule is COc1c(N[C@@H]2OC[C@@H](O)[C@H](O)[C@H]2O)cc2c(c1OC)-c1ccc(SC)c(=O)cc1[C@@H](NC(C)=O)CC2. The summed E-state index contributed by atoms with van der Waals surface area (Å²) in [7, 11) is 3.00. The van der Waals surface area contributed by atoms with E-state index >= 15 is 0 Å². The fourth-order valence-corrected chi connectivity index (χ4v) is 5.40. The Morgan fingerprint density at radius 3 is 2.49 bits per heavy atom. The molecule has 1 saturated heterocycles. The molecule has 2 aromatic carbocycles. The van der Waals surface area contributed by atoms with Crippen LogP contribution < -0.4 is 25.5 Å². The predicted molar refractivity (Wildman–Crippen MR) is 139 cm³/mol. The van der Waals surface area contributed by atoms with Crippen LogP contribution in [0.5, 0.6) is 11.5 Å². The van der Waals surface area contributed by atoms with Crippen molar-refractivity contribution in [2.75, 3.05) is 32.4 Å². The van der Waals surface area contributed by atoms with Crippen LogP contribution in [0.2, 0.25) is 0 Å². The zero-order chi connectivity index (χ0) is 26.9. The number of aryl methyl sites for hydroxylation is 1. The van der Waals surface area contributed by atoms with E-state index < -0.39 is 30.6 Å². The van der Waals surface area contributed by atoms with Gasteiger partial charge < -0.3 is 40.2 Å². The van der Waals surface area contributed by atoms with Crippen molar-refractivity contribution in [2.24, 2.45) is 0 Å². The number of nitrogens with one attached hydrogen (secondary N) is 2. The number of benzene rings is 1. The van der Waals surface area contributed by atoms with Crippen LogP contribution >= 0.6 is 11.8 Å². The van der Waals surface area contributed by atoms with Crippen molar-refractivity contribution in [2.45, 2.75) is 55.2 Å². The predicted octanol–water partition coefficient (Wildman–Crippen LogP) is 1.43. The number of ether oxygens (including phenoxy) is 3. The van der Waals surface area contributed by atoms with Crippen LogP contribution in [0.15, 0.2) is 34.0 Å². The van der Waals surface area contributed by atoms with E-state index in [0.717, 1.165) is 16.7 Å². The van der Waals surface area contributed by atoms with Crippen LogP contribution in [0.25, 0.3) is 11.1 Å². The molecule has 10 nitrogen and oxygen atoms in total. The summed E-state index contributed by atoms with van der Waals surface area (Å²) >= 11 is 1.35. The third kappa shape index (κ3) is 5.27. The number of carbonyl (C=O) groups is 1. The first-order valence-electron chi connectivity index (χ1n) is 11.9. The van der Waals surface area contributed by atoms with E-state index in [2.05, 4.69) is 10.6 Å². The topological polar surface area (TPSA) is 147 Å². The minimum atomic E-state index is -1.39. The lowest BCUT2D eigenvalue weighted by molar-refractivity contribution is -0.178. The number of aliphatic hydroxyl groups is 3. The number of thioether (sulfide) groups is 1. The minimum absolute atomic E-state index is 0.138. The summed E-state index contributed by atoms with van der Waals surface area (Å²) in [5, 5.41) is 36.4. The highest BCUT2D eigenvalue weighted by molar-refractivity contribution is 7.98. The van der Waals surface area contributed by atoms with Gasteiger partial charge in [0.05, 0.1) is 37.5 Å². The maximum absolute atomic E-state index is 12.9. The van der Waals surface area contributed by atoms with Gasteiger partial charge in [0.1, 0.15) is 18.3 Å². The summed E-state index contributed by atoms with van der Waals surface area (Å²) in [6.45, 7) is 1.29. The van der Waals surface area contributed by atoms with E-state index in [4.69, 9.17) is 14.2 Å². The molecule has 2 aromatic rings. The van der Waals surface area contributed by atoms with Gasteiger partial charge in [0.2, 0.25) is 5.91 Å². The van der Waals surface area contributed by atoms with Gasteiger partial charge in [-0.15, -0.1) is 11.8 Å². The maximum atomic E-state index is 12.9. The molecule has 37 heavy (non-hydrogen) atoms. The first-order valence-corrected chi connectivity index (χ1v) is 13.1. The van der Waals surface area contributed by atoms with Gasteiger partial charge in [-0.2, -0.15) is 0 Å². The van der Waals surface area contributed by atoms with Crippen LogP contribution in [-0.2, 0) is 16.0 Å². The Morgan fingerprint density at radius 1 is 1.11 bits per heavy atom. The van der Waals surface area contributed by atoms with Crippen molar-refractivity contribution in [3.63, 3.8) is 0 Å². The number of amides is 1. The molecule has 4 rings (SSSR count). The molecule has 1 heterocycles. The number of fused-ring (bicyclic) bond motifs is 3. The van der Waals surface area contributed by atoms with Gasteiger partial charge in [0.25, 0.3) is 0 Å². The van der Waals surface area contributed by atoms with E-state index in [0.29, 0.717) is 40.5 Å².